The molecule has 0 unspecified atom stereocenters. The van der Waals surface area contributed by atoms with Crippen LogP contribution in [0, 0.1) is 5.82 Å². The maximum atomic E-state index is 13.7. The van der Waals surface area contributed by atoms with Crippen molar-refractivity contribution in [3.05, 3.63) is 77.9 Å². The van der Waals surface area contributed by atoms with E-state index < -0.39 is 5.82 Å². The van der Waals surface area contributed by atoms with Crippen LogP contribution in [-0.2, 0) is 6.54 Å². The van der Waals surface area contributed by atoms with Gasteiger partial charge in [0.05, 0.1) is 13.7 Å². The SMILES string of the molecule is COc1ccc(C(=O)Nc2cccc(Cn3cccn3)c2)cc1F. The number of rotatable bonds is 5. The van der Waals surface area contributed by atoms with Gasteiger partial charge in [-0.2, -0.15) is 5.10 Å². The van der Waals surface area contributed by atoms with Gasteiger partial charge in [-0.15, -0.1) is 0 Å². The van der Waals surface area contributed by atoms with Crippen molar-refractivity contribution in [3.8, 4) is 5.75 Å². The number of carbonyl (C=O) groups excluding carboxylic acids is 1. The second kappa shape index (κ2) is 6.95. The summed E-state index contributed by atoms with van der Waals surface area (Å²) in [6, 6.07) is 13.4. The third-order valence-electron chi connectivity index (χ3n) is 3.50. The molecule has 3 rings (SSSR count). The molecule has 3 aromatic rings. The van der Waals surface area contributed by atoms with Gasteiger partial charge in [-0.25, -0.2) is 4.39 Å². The molecule has 0 aliphatic heterocycles. The van der Waals surface area contributed by atoms with Crippen LogP contribution in [0.1, 0.15) is 15.9 Å². The number of nitrogens with one attached hydrogen (secondary N) is 1. The summed E-state index contributed by atoms with van der Waals surface area (Å²) in [5.41, 5.74) is 1.86. The molecule has 0 spiro atoms. The summed E-state index contributed by atoms with van der Waals surface area (Å²) < 4.78 is 20.4. The average molecular weight is 325 g/mol. The van der Waals surface area contributed by atoms with Gasteiger partial charge < -0.3 is 10.1 Å². The molecule has 2 aromatic carbocycles. The van der Waals surface area contributed by atoms with Gasteiger partial charge >= 0.3 is 0 Å². The van der Waals surface area contributed by atoms with Crippen molar-refractivity contribution in [3.63, 3.8) is 0 Å². The zero-order chi connectivity index (χ0) is 16.9. The van der Waals surface area contributed by atoms with Crippen molar-refractivity contribution >= 4 is 11.6 Å². The number of anilines is 1. The molecule has 122 valence electrons. The third-order valence-corrected chi connectivity index (χ3v) is 3.50. The van der Waals surface area contributed by atoms with Crippen LogP contribution in [0.2, 0.25) is 0 Å². The second-order valence-corrected chi connectivity index (χ2v) is 5.21. The minimum Gasteiger partial charge on any atom is -0.494 e. The first-order valence-corrected chi connectivity index (χ1v) is 7.37. The van der Waals surface area contributed by atoms with Crippen molar-refractivity contribution in [1.82, 2.24) is 9.78 Å². The summed E-state index contributed by atoms with van der Waals surface area (Å²) in [6.07, 6.45) is 3.58. The van der Waals surface area contributed by atoms with Crippen LogP contribution in [0.15, 0.2) is 60.9 Å². The van der Waals surface area contributed by atoms with E-state index in [0.29, 0.717) is 12.2 Å². The number of hydrogen-bond acceptors (Lipinski definition) is 3. The number of amides is 1. The maximum absolute atomic E-state index is 13.7. The smallest absolute Gasteiger partial charge is 0.255 e. The standard InChI is InChI=1S/C18H16FN3O2/c1-24-17-7-6-14(11-16(17)19)18(23)21-15-5-2-4-13(10-15)12-22-9-3-8-20-22/h2-11H,12H2,1H3,(H,21,23). The summed E-state index contributed by atoms with van der Waals surface area (Å²) >= 11 is 0. The molecule has 0 aliphatic rings. The van der Waals surface area contributed by atoms with Crippen LogP contribution in [0.25, 0.3) is 0 Å². The first-order valence-electron chi connectivity index (χ1n) is 7.37. The molecule has 1 amide bonds. The fourth-order valence-electron chi connectivity index (χ4n) is 2.34. The van der Waals surface area contributed by atoms with E-state index in [9.17, 15) is 9.18 Å². The van der Waals surface area contributed by atoms with Crippen molar-refractivity contribution < 1.29 is 13.9 Å². The highest BCUT2D eigenvalue weighted by Gasteiger charge is 2.10. The lowest BCUT2D eigenvalue weighted by Crippen LogP contribution is -2.12. The van der Waals surface area contributed by atoms with E-state index in [1.807, 2.05) is 30.5 Å². The molecule has 1 heterocycles. The van der Waals surface area contributed by atoms with Gasteiger partial charge in [0, 0.05) is 23.6 Å². The van der Waals surface area contributed by atoms with Crippen LogP contribution in [-0.4, -0.2) is 22.8 Å². The van der Waals surface area contributed by atoms with Gasteiger partial charge in [-0.3, -0.25) is 9.48 Å². The average Bonchev–Trinajstić information content (AvgIpc) is 3.08. The van der Waals surface area contributed by atoms with Crippen LogP contribution in [0.5, 0.6) is 5.75 Å². The first-order chi connectivity index (χ1) is 11.7. The highest BCUT2D eigenvalue weighted by atomic mass is 19.1. The summed E-state index contributed by atoms with van der Waals surface area (Å²) in [7, 11) is 1.38. The first kappa shape index (κ1) is 15.7. The summed E-state index contributed by atoms with van der Waals surface area (Å²) in [5, 5.41) is 6.92. The van der Waals surface area contributed by atoms with Gasteiger partial charge in [0.15, 0.2) is 11.6 Å². The lowest BCUT2D eigenvalue weighted by molar-refractivity contribution is 0.102. The molecule has 0 atom stereocenters. The predicted octanol–water partition coefficient (Wildman–Crippen LogP) is 3.33. The molecule has 5 nitrogen and oxygen atoms in total. The number of nitrogens with zero attached hydrogens (tertiary/aromatic N) is 2. The van der Waals surface area contributed by atoms with E-state index in [1.54, 1.807) is 16.9 Å². The second-order valence-electron chi connectivity index (χ2n) is 5.21. The molecule has 1 aromatic heterocycles. The van der Waals surface area contributed by atoms with Crippen LogP contribution < -0.4 is 10.1 Å². The third kappa shape index (κ3) is 3.60. The minimum absolute atomic E-state index is 0.104. The minimum atomic E-state index is -0.572. The molecule has 0 aliphatic carbocycles. The maximum Gasteiger partial charge on any atom is 0.255 e. The Labute approximate surface area is 138 Å². The number of methoxy groups -OCH3 is 1. The van der Waals surface area contributed by atoms with Gasteiger partial charge in [0.1, 0.15) is 0 Å². The molecule has 0 fully saturated rings. The Morgan fingerprint density at radius 1 is 1.25 bits per heavy atom. The number of hydrogen-bond donors (Lipinski definition) is 1. The predicted molar refractivity (Wildman–Crippen MR) is 88.7 cm³/mol. The quantitative estimate of drug-likeness (QED) is 0.783. The van der Waals surface area contributed by atoms with Gasteiger partial charge in [-0.05, 0) is 42.0 Å². The number of ether oxygens (including phenoxy) is 1. The number of carbonyl (C=O) groups is 1. The van der Waals surface area contributed by atoms with E-state index >= 15 is 0 Å². The zero-order valence-electron chi connectivity index (χ0n) is 13.1. The summed E-state index contributed by atoms with van der Waals surface area (Å²) in [4.78, 5) is 12.3. The summed E-state index contributed by atoms with van der Waals surface area (Å²) in [5.74, 6) is -0.849. The normalized spacial score (nSPS) is 10.4. The Hall–Kier alpha value is -3.15. The molecule has 0 radical (unpaired) electrons. The molecule has 6 heteroatoms. The summed E-state index contributed by atoms with van der Waals surface area (Å²) in [6.45, 7) is 0.605. The van der Waals surface area contributed by atoms with Crippen LogP contribution in [0.3, 0.4) is 0 Å². The largest absolute Gasteiger partial charge is 0.494 e. The lowest BCUT2D eigenvalue weighted by atomic mass is 10.1. The topological polar surface area (TPSA) is 56.1 Å². The highest BCUT2D eigenvalue weighted by Crippen LogP contribution is 2.19. The van der Waals surface area contributed by atoms with Crippen molar-refractivity contribution in [2.45, 2.75) is 6.54 Å². The van der Waals surface area contributed by atoms with Crippen LogP contribution >= 0.6 is 0 Å². The van der Waals surface area contributed by atoms with E-state index in [4.69, 9.17) is 4.74 Å². The van der Waals surface area contributed by atoms with E-state index in [1.165, 1.54) is 19.2 Å². The Kier molecular flexibility index (Phi) is 4.56. The highest BCUT2D eigenvalue weighted by molar-refractivity contribution is 6.04. The van der Waals surface area contributed by atoms with E-state index in [2.05, 4.69) is 10.4 Å². The number of benzene rings is 2. The fraction of sp³-hybridized carbons (Fsp3) is 0.111. The van der Waals surface area contributed by atoms with Crippen LogP contribution in [0.4, 0.5) is 10.1 Å². The molecule has 1 N–H and O–H groups in total. The van der Waals surface area contributed by atoms with Gasteiger partial charge in [0.2, 0.25) is 0 Å². The molecule has 24 heavy (non-hydrogen) atoms. The molecular weight excluding hydrogens is 309 g/mol. The Morgan fingerprint density at radius 3 is 2.83 bits per heavy atom. The van der Waals surface area contributed by atoms with Crippen molar-refractivity contribution in [1.29, 1.82) is 0 Å². The molecule has 0 bridgehead atoms. The number of aromatic nitrogens is 2. The van der Waals surface area contributed by atoms with Gasteiger partial charge in [0.25, 0.3) is 5.91 Å². The lowest BCUT2D eigenvalue weighted by Gasteiger charge is -2.09. The Bertz CT molecular complexity index is 847. The Morgan fingerprint density at radius 2 is 2.12 bits per heavy atom. The molecular formula is C18H16FN3O2. The van der Waals surface area contributed by atoms with Crippen molar-refractivity contribution in [2.24, 2.45) is 0 Å². The fourth-order valence-corrected chi connectivity index (χ4v) is 2.34. The number of halogens is 1. The van der Waals surface area contributed by atoms with E-state index in [0.717, 1.165) is 11.6 Å². The van der Waals surface area contributed by atoms with Crippen molar-refractivity contribution in [2.75, 3.05) is 12.4 Å². The zero-order valence-corrected chi connectivity index (χ0v) is 13.1. The Balaban J connectivity index is 1.73. The molecule has 0 saturated heterocycles. The van der Waals surface area contributed by atoms with Gasteiger partial charge in [-0.1, -0.05) is 12.1 Å². The molecule has 0 saturated carbocycles. The monoisotopic (exact) mass is 325 g/mol. The van der Waals surface area contributed by atoms with E-state index in [-0.39, 0.29) is 17.2 Å².